The van der Waals surface area contributed by atoms with Crippen LogP contribution in [0, 0.1) is 6.92 Å². The minimum absolute atomic E-state index is 0.194. The van der Waals surface area contributed by atoms with Crippen LogP contribution in [0.2, 0.25) is 0 Å². The predicted octanol–water partition coefficient (Wildman–Crippen LogP) is 2.48. The molecule has 6 heteroatoms. The molecule has 0 saturated carbocycles. The summed E-state index contributed by atoms with van der Waals surface area (Å²) in [6.45, 7) is 3.95. The number of hydrogen-bond donors (Lipinski definition) is 1. The van der Waals surface area contributed by atoms with E-state index in [0.29, 0.717) is 24.4 Å². The van der Waals surface area contributed by atoms with Crippen LogP contribution < -0.4 is 0 Å². The monoisotopic (exact) mass is 277 g/mol. The summed E-state index contributed by atoms with van der Waals surface area (Å²) in [5.41, 5.74) is 1.72. The second kappa shape index (κ2) is 5.88. The van der Waals surface area contributed by atoms with Crippen molar-refractivity contribution in [2.24, 2.45) is 0 Å². The molecule has 1 N–H and O–H groups in total. The van der Waals surface area contributed by atoms with Gasteiger partial charge in [0.1, 0.15) is 5.82 Å². The molecule has 5 nitrogen and oxygen atoms in total. The SMILES string of the molecule is CCCc1nc(Cc2csc(C)n2)ncc1C(=O)O. The highest BCUT2D eigenvalue weighted by Crippen LogP contribution is 2.13. The van der Waals surface area contributed by atoms with Crippen molar-refractivity contribution >= 4 is 17.3 Å². The van der Waals surface area contributed by atoms with Crippen molar-refractivity contribution in [2.45, 2.75) is 33.1 Å². The van der Waals surface area contributed by atoms with E-state index in [9.17, 15) is 4.79 Å². The fourth-order valence-electron chi connectivity index (χ4n) is 1.80. The Hall–Kier alpha value is -1.82. The molecule has 0 spiro atoms. The topological polar surface area (TPSA) is 76.0 Å². The van der Waals surface area contributed by atoms with Gasteiger partial charge in [-0.25, -0.2) is 19.7 Å². The normalized spacial score (nSPS) is 10.6. The third-order valence-corrected chi connectivity index (χ3v) is 3.46. The Kier molecular flexibility index (Phi) is 4.21. The highest BCUT2D eigenvalue weighted by atomic mass is 32.1. The first-order valence-electron chi connectivity index (χ1n) is 6.09. The van der Waals surface area contributed by atoms with Crippen LogP contribution in [0.4, 0.5) is 0 Å². The summed E-state index contributed by atoms with van der Waals surface area (Å²) in [5.74, 6) is -0.349. The molecule has 2 aromatic heterocycles. The smallest absolute Gasteiger partial charge is 0.339 e. The van der Waals surface area contributed by atoms with E-state index in [0.717, 1.165) is 17.1 Å². The van der Waals surface area contributed by atoms with Gasteiger partial charge in [-0.15, -0.1) is 11.3 Å². The van der Waals surface area contributed by atoms with E-state index < -0.39 is 5.97 Å². The molecule has 0 unspecified atom stereocenters. The summed E-state index contributed by atoms with van der Waals surface area (Å²) in [4.78, 5) is 23.9. The maximum absolute atomic E-state index is 11.1. The number of carbonyl (C=O) groups is 1. The molecule has 2 heterocycles. The zero-order valence-corrected chi connectivity index (χ0v) is 11.7. The summed E-state index contributed by atoms with van der Waals surface area (Å²) < 4.78 is 0. The van der Waals surface area contributed by atoms with Gasteiger partial charge in [-0.1, -0.05) is 13.3 Å². The van der Waals surface area contributed by atoms with Crippen molar-refractivity contribution in [1.29, 1.82) is 0 Å². The number of nitrogens with zero attached hydrogens (tertiary/aromatic N) is 3. The number of rotatable bonds is 5. The van der Waals surface area contributed by atoms with Gasteiger partial charge < -0.3 is 5.11 Å². The van der Waals surface area contributed by atoms with Crippen LogP contribution in [0.15, 0.2) is 11.6 Å². The number of hydrogen-bond acceptors (Lipinski definition) is 5. The lowest BCUT2D eigenvalue weighted by Crippen LogP contribution is -2.09. The number of aromatic carboxylic acids is 1. The van der Waals surface area contributed by atoms with E-state index in [-0.39, 0.29) is 5.56 Å². The van der Waals surface area contributed by atoms with Crippen molar-refractivity contribution in [3.63, 3.8) is 0 Å². The van der Waals surface area contributed by atoms with Crippen molar-refractivity contribution < 1.29 is 9.90 Å². The second-order valence-corrected chi connectivity index (χ2v) is 5.30. The molecule has 0 fully saturated rings. The summed E-state index contributed by atoms with van der Waals surface area (Å²) in [6, 6.07) is 0. The first-order valence-corrected chi connectivity index (χ1v) is 6.97. The van der Waals surface area contributed by atoms with E-state index in [1.54, 1.807) is 11.3 Å². The molecule has 19 heavy (non-hydrogen) atoms. The van der Waals surface area contributed by atoms with Gasteiger partial charge in [-0.2, -0.15) is 0 Å². The van der Waals surface area contributed by atoms with Crippen LogP contribution in [0.5, 0.6) is 0 Å². The molecule has 0 aromatic carbocycles. The molecule has 2 aromatic rings. The lowest BCUT2D eigenvalue weighted by molar-refractivity contribution is 0.0694. The average Bonchev–Trinajstić information content (AvgIpc) is 2.75. The first kappa shape index (κ1) is 13.6. The van der Waals surface area contributed by atoms with Crippen molar-refractivity contribution in [3.05, 3.63) is 39.4 Å². The van der Waals surface area contributed by atoms with Gasteiger partial charge >= 0.3 is 5.97 Å². The summed E-state index contributed by atoms with van der Waals surface area (Å²) in [7, 11) is 0. The average molecular weight is 277 g/mol. The Balaban J connectivity index is 2.27. The zero-order valence-electron chi connectivity index (χ0n) is 10.9. The molecule has 0 aliphatic heterocycles. The quantitative estimate of drug-likeness (QED) is 0.908. The number of aryl methyl sites for hydroxylation is 2. The second-order valence-electron chi connectivity index (χ2n) is 4.24. The Morgan fingerprint density at radius 2 is 2.21 bits per heavy atom. The van der Waals surface area contributed by atoms with E-state index >= 15 is 0 Å². The number of carboxylic acid groups (broad SMARTS) is 1. The van der Waals surface area contributed by atoms with Gasteiger partial charge in [0.05, 0.1) is 28.4 Å². The lowest BCUT2D eigenvalue weighted by atomic mass is 10.1. The van der Waals surface area contributed by atoms with E-state index in [4.69, 9.17) is 5.11 Å². The molecule has 2 rings (SSSR count). The molecule has 0 amide bonds. The highest BCUT2D eigenvalue weighted by Gasteiger charge is 2.13. The molecule has 0 radical (unpaired) electrons. The third kappa shape index (κ3) is 3.35. The van der Waals surface area contributed by atoms with E-state index in [1.165, 1.54) is 6.20 Å². The standard InChI is InChI=1S/C13H15N3O2S/c1-3-4-11-10(13(17)18)6-14-12(16-11)5-9-7-19-8(2)15-9/h6-7H,3-5H2,1-2H3,(H,17,18). The Bertz CT molecular complexity index is 595. The number of aromatic nitrogens is 3. The maximum atomic E-state index is 11.1. The van der Waals surface area contributed by atoms with Crippen molar-refractivity contribution in [1.82, 2.24) is 15.0 Å². The van der Waals surface area contributed by atoms with Crippen LogP contribution in [0.25, 0.3) is 0 Å². The Morgan fingerprint density at radius 3 is 2.79 bits per heavy atom. The molecule has 0 aliphatic carbocycles. The minimum Gasteiger partial charge on any atom is -0.478 e. The molecule has 0 bridgehead atoms. The summed E-state index contributed by atoms with van der Waals surface area (Å²) >= 11 is 1.59. The lowest BCUT2D eigenvalue weighted by Gasteiger charge is -2.05. The van der Waals surface area contributed by atoms with Crippen LogP contribution in [-0.4, -0.2) is 26.0 Å². The van der Waals surface area contributed by atoms with Crippen LogP contribution in [0.1, 0.15) is 45.9 Å². The van der Waals surface area contributed by atoms with Gasteiger partial charge in [0.2, 0.25) is 0 Å². The molecular weight excluding hydrogens is 262 g/mol. The molecular formula is C13H15N3O2S. The van der Waals surface area contributed by atoms with Gasteiger partial charge in [-0.05, 0) is 13.3 Å². The largest absolute Gasteiger partial charge is 0.478 e. The van der Waals surface area contributed by atoms with Crippen molar-refractivity contribution in [3.8, 4) is 0 Å². The fourth-order valence-corrected chi connectivity index (χ4v) is 2.41. The molecule has 100 valence electrons. The Labute approximate surface area is 115 Å². The van der Waals surface area contributed by atoms with Gasteiger partial charge in [0.25, 0.3) is 0 Å². The third-order valence-electron chi connectivity index (χ3n) is 2.64. The number of thiazole rings is 1. The molecule has 0 saturated heterocycles. The predicted molar refractivity (Wildman–Crippen MR) is 72.6 cm³/mol. The molecule has 0 aliphatic rings. The van der Waals surface area contributed by atoms with Gasteiger partial charge in [-0.3, -0.25) is 0 Å². The van der Waals surface area contributed by atoms with E-state index in [2.05, 4.69) is 15.0 Å². The Morgan fingerprint density at radius 1 is 1.42 bits per heavy atom. The first-order chi connectivity index (χ1) is 9.10. The van der Waals surface area contributed by atoms with E-state index in [1.807, 2.05) is 19.2 Å². The number of carboxylic acids is 1. The minimum atomic E-state index is -0.973. The van der Waals surface area contributed by atoms with Crippen molar-refractivity contribution in [2.75, 3.05) is 0 Å². The van der Waals surface area contributed by atoms with Crippen LogP contribution >= 0.6 is 11.3 Å². The fraction of sp³-hybridized carbons (Fsp3) is 0.385. The van der Waals surface area contributed by atoms with Crippen LogP contribution in [-0.2, 0) is 12.8 Å². The van der Waals surface area contributed by atoms with Gasteiger partial charge in [0.15, 0.2) is 0 Å². The van der Waals surface area contributed by atoms with Crippen LogP contribution in [0.3, 0.4) is 0 Å². The molecule has 0 atom stereocenters. The summed E-state index contributed by atoms with van der Waals surface area (Å²) in [5, 5.41) is 12.1. The maximum Gasteiger partial charge on any atom is 0.339 e. The zero-order chi connectivity index (χ0) is 13.8. The van der Waals surface area contributed by atoms with Gasteiger partial charge in [0, 0.05) is 11.6 Å². The highest BCUT2D eigenvalue weighted by molar-refractivity contribution is 7.09. The summed E-state index contributed by atoms with van der Waals surface area (Å²) in [6.07, 6.45) is 3.44.